The summed E-state index contributed by atoms with van der Waals surface area (Å²) in [5, 5.41) is 1.20. The molecule has 27 heavy (non-hydrogen) atoms. The number of H-pyrrole nitrogens is 1. The van der Waals surface area contributed by atoms with E-state index in [0.717, 1.165) is 12.1 Å². The van der Waals surface area contributed by atoms with Crippen molar-refractivity contribution in [1.29, 1.82) is 0 Å². The summed E-state index contributed by atoms with van der Waals surface area (Å²) in [5.41, 5.74) is 2.77. The van der Waals surface area contributed by atoms with Crippen molar-refractivity contribution >= 4 is 20.9 Å². The number of fused-ring (bicyclic) bond motifs is 1. The van der Waals surface area contributed by atoms with Crippen molar-refractivity contribution in [1.82, 2.24) is 14.2 Å². The highest BCUT2D eigenvalue weighted by molar-refractivity contribution is 7.89. The summed E-state index contributed by atoms with van der Waals surface area (Å²) < 4.78 is 40.6. The van der Waals surface area contributed by atoms with Gasteiger partial charge in [-0.2, -0.15) is 4.31 Å². The third-order valence-corrected chi connectivity index (χ3v) is 7.21. The van der Waals surface area contributed by atoms with Crippen LogP contribution in [-0.2, 0) is 16.6 Å². The van der Waals surface area contributed by atoms with Gasteiger partial charge < -0.3 is 4.98 Å². The van der Waals surface area contributed by atoms with E-state index in [1.54, 1.807) is 6.92 Å². The van der Waals surface area contributed by atoms with Crippen molar-refractivity contribution in [3.8, 4) is 0 Å². The molecular weight excluding hydrogens is 365 g/mol. The topological polar surface area (TPSA) is 56.4 Å². The molecule has 0 atom stereocenters. The smallest absolute Gasteiger partial charge is 0.243 e. The summed E-state index contributed by atoms with van der Waals surface area (Å²) in [6.07, 6.45) is 2.02. The number of aromatic nitrogens is 1. The predicted molar refractivity (Wildman–Crippen MR) is 103 cm³/mol. The molecule has 0 saturated carbocycles. The first-order chi connectivity index (χ1) is 12.9. The van der Waals surface area contributed by atoms with Crippen molar-refractivity contribution in [2.75, 3.05) is 26.2 Å². The summed E-state index contributed by atoms with van der Waals surface area (Å²) in [7, 11) is -3.60. The maximum atomic E-state index is 13.3. The molecule has 3 aromatic rings. The first-order valence-electron chi connectivity index (χ1n) is 8.99. The highest BCUT2D eigenvalue weighted by Crippen LogP contribution is 2.24. The summed E-state index contributed by atoms with van der Waals surface area (Å²) in [6.45, 7) is 4.61. The Morgan fingerprint density at radius 3 is 2.56 bits per heavy atom. The van der Waals surface area contributed by atoms with Gasteiger partial charge in [0.25, 0.3) is 0 Å². The standard InChI is InChI=1S/C20H22FN3O2S/c1-15-12-17(21)6-7-20(15)27(25,26)24-10-8-23(9-11-24)14-16-13-22-19-5-3-2-4-18(16)19/h2-7,12-13,22H,8-11,14H2,1H3. The third kappa shape index (κ3) is 3.50. The quantitative estimate of drug-likeness (QED) is 0.748. The zero-order chi connectivity index (χ0) is 19.0. The number of nitrogens with zero attached hydrogens (tertiary/aromatic N) is 2. The van der Waals surface area contributed by atoms with Gasteiger partial charge in [0.2, 0.25) is 10.0 Å². The van der Waals surface area contributed by atoms with Gasteiger partial charge in [-0.05, 0) is 42.3 Å². The fraction of sp³-hybridized carbons (Fsp3) is 0.300. The van der Waals surface area contributed by atoms with E-state index in [4.69, 9.17) is 0 Å². The lowest BCUT2D eigenvalue weighted by Gasteiger charge is -2.34. The van der Waals surface area contributed by atoms with E-state index in [0.29, 0.717) is 31.7 Å². The molecule has 0 aliphatic carbocycles. The molecule has 0 bridgehead atoms. The fourth-order valence-corrected chi connectivity index (χ4v) is 5.30. The lowest BCUT2D eigenvalue weighted by atomic mass is 10.1. The molecule has 1 saturated heterocycles. The average molecular weight is 387 g/mol. The predicted octanol–water partition coefficient (Wildman–Crippen LogP) is 3.12. The molecule has 142 valence electrons. The third-order valence-electron chi connectivity index (χ3n) is 5.15. The van der Waals surface area contributed by atoms with Crippen molar-refractivity contribution in [2.24, 2.45) is 0 Å². The molecule has 4 rings (SSSR count). The molecule has 1 aromatic heterocycles. The van der Waals surface area contributed by atoms with E-state index in [-0.39, 0.29) is 4.90 Å². The SMILES string of the molecule is Cc1cc(F)ccc1S(=O)(=O)N1CCN(Cc2c[nH]c3ccccc23)CC1. The number of para-hydroxylation sites is 1. The minimum atomic E-state index is -3.60. The van der Waals surface area contributed by atoms with Gasteiger partial charge in [-0.25, -0.2) is 12.8 Å². The number of piperazine rings is 1. The van der Waals surface area contributed by atoms with Crippen LogP contribution in [0.1, 0.15) is 11.1 Å². The highest BCUT2D eigenvalue weighted by Gasteiger charge is 2.29. The van der Waals surface area contributed by atoms with E-state index >= 15 is 0 Å². The maximum Gasteiger partial charge on any atom is 0.243 e. The van der Waals surface area contributed by atoms with Gasteiger partial charge in [0.05, 0.1) is 4.90 Å². The average Bonchev–Trinajstić information content (AvgIpc) is 3.05. The zero-order valence-electron chi connectivity index (χ0n) is 15.2. The van der Waals surface area contributed by atoms with E-state index in [1.165, 1.54) is 33.5 Å². The van der Waals surface area contributed by atoms with E-state index in [1.807, 2.05) is 24.4 Å². The number of aryl methyl sites for hydroxylation is 1. The molecule has 1 fully saturated rings. The summed E-state index contributed by atoms with van der Waals surface area (Å²) in [5.74, 6) is -0.421. The van der Waals surface area contributed by atoms with Crippen LogP contribution in [0.2, 0.25) is 0 Å². The van der Waals surface area contributed by atoms with Gasteiger partial charge >= 0.3 is 0 Å². The Hall–Kier alpha value is -2.22. The summed E-state index contributed by atoms with van der Waals surface area (Å²) in [4.78, 5) is 5.73. The zero-order valence-corrected chi connectivity index (χ0v) is 16.0. The molecule has 1 aliphatic heterocycles. The van der Waals surface area contributed by atoms with Crippen molar-refractivity contribution in [3.05, 3.63) is 65.6 Å². The Bertz CT molecular complexity index is 1070. The van der Waals surface area contributed by atoms with Gasteiger partial charge in [-0.15, -0.1) is 0 Å². The fourth-order valence-electron chi connectivity index (χ4n) is 3.67. The lowest BCUT2D eigenvalue weighted by Crippen LogP contribution is -2.48. The van der Waals surface area contributed by atoms with Gasteiger partial charge in [0.15, 0.2) is 0 Å². The van der Waals surface area contributed by atoms with E-state index in [9.17, 15) is 12.8 Å². The van der Waals surface area contributed by atoms with Crippen LogP contribution < -0.4 is 0 Å². The molecule has 0 amide bonds. The number of hydrogen-bond acceptors (Lipinski definition) is 3. The summed E-state index contributed by atoms with van der Waals surface area (Å²) in [6, 6.07) is 12.0. The minimum absolute atomic E-state index is 0.189. The van der Waals surface area contributed by atoms with Gasteiger partial charge in [-0.1, -0.05) is 18.2 Å². The Kier molecular flexibility index (Phi) is 4.75. The molecule has 0 unspecified atom stereocenters. The Labute approximate surface area is 158 Å². The first kappa shape index (κ1) is 18.2. The van der Waals surface area contributed by atoms with Crippen LogP contribution in [0.3, 0.4) is 0 Å². The molecule has 7 heteroatoms. The number of nitrogens with one attached hydrogen (secondary N) is 1. The number of aromatic amines is 1. The van der Waals surface area contributed by atoms with Crippen molar-refractivity contribution in [3.63, 3.8) is 0 Å². The molecule has 2 heterocycles. The Balaban J connectivity index is 1.45. The lowest BCUT2D eigenvalue weighted by molar-refractivity contribution is 0.182. The number of benzene rings is 2. The first-order valence-corrected chi connectivity index (χ1v) is 10.4. The molecular formula is C20H22FN3O2S. The van der Waals surface area contributed by atoms with Crippen LogP contribution in [0.4, 0.5) is 4.39 Å². The van der Waals surface area contributed by atoms with Crippen LogP contribution in [0.5, 0.6) is 0 Å². The molecule has 1 aliphatic rings. The van der Waals surface area contributed by atoms with Gasteiger partial charge in [-0.3, -0.25) is 4.90 Å². The van der Waals surface area contributed by atoms with Crippen molar-refractivity contribution < 1.29 is 12.8 Å². The second-order valence-corrected chi connectivity index (χ2v) is 8.86. The molecule has 0 radical (unpaired) electrons. The van der Waals surface area contributed by atoms with Gasteiger partial charge in [0.1, 0.15) is 5.82 Å². The minimum Gasteiger partial charge on any atom is -0.361 e. The molecule has 0 spiro atoms. The maximum absolute atomic E-state index is 13.3. The van der Waals surface area contributed by atoms with Crippen LogP contribution in [0.25, 0.3) is 10.9 Å². The molecule has 1 N–H and O–H groups in total. The Morgan fingerprint density at radius 2 is 1.81 bits per heavy atom. The van der Waals surface area contributed by atoms with Crippen LogP contribution in [-0.4, -0.2) is 48.8 Å². The largest absolute Gasteiger partial charge is 0.361 e. The number of halogens is 1. The second kappa shape index (κ2) is 7.07. The van der Waals surface area contributed by atoms with Gasteiger partial charge in [0, 0.05) is 49.8 Å². The van der Waals surface area contributed by atoms with E-state index in [2.05, 4.69) is 16.0 Å². The van der Waals surface area contributed by atoms with E-state index < -0.39 is 15.8 Å². The molecule has 2 aromatic carbocycles. The monoisotopic (exact) mass is 387 g/mol. The highest BCUT2D eigenvalue weighted by atomic mass is 32.2. The van der Waals surface area contributed by atoms with Crippen LogP contribution >= 0.6 is 0 Å². The number of sulfonamides is 1. The normalized spacial score (nSPS) is 16.8. The number of rotatable bonds is 4. The van der Waals surface area contributed by atoms with Crippen molar-refractivity contribution in [2.45, 2.75) is 18.4 Å². The molecule has 5 nitrogen and oxygen atoms in total. The number of hydrogen-bond donors (Lipinski definition) is 1. The second-order valence-electron chi connectivity index (χ2n) is 6.95. The van der Waals surface area contributed by atoms with Crippen LogP contribution in [0.15, 0.2) is 53.6 Å². The van der Waals surface area contributed by atoms with Crippen LogP contribution in [0, 0.1) is 12.7 Å². The Morgan fingerprint density at radius 1 is 1.07 bits per heavy atom. The summed E-state index contributed by atoms with van der Waals surface area (Å²) >= 11 is 0.